The van der Waals surface area contributed by atoms with Crippen LogP contribution in [0, 0.1) is 11.3 Å². The average Bonchev–Trinajstić information content (AvgIpc) is 2.71. The number of unbranched alkanes of at least 4 members (excludes halogenated alkanes) is 1. The van der Waals surface area contributed by atoms with Crippen molar-refractivity contribution in [2.24, 2.45) is 11.3 Å². The summed E-state index contributed by atoms with van der Waals surface area (Å²) in [5.41, 5.74) is 0.635. The summed E-state index contributed by atoms with van der Waals surface area (Å²) >= 11 is 0. The van der Waals surface area contributed by atoms with Crippen molar-refractivity contribution >= 4 is 11.9 Å². The molecule has 0 aliphatic rings. The van der Waals surface area contributed by atoms with Crippen LogP contribution in [-0.2, 0) is 25.6 Å². The molecule has 0 N–H and O–H groups in total. The van der Waals surface area contributed by atoms with Gasteiger partial charge in [-0.2, -0.15) is 0 Å². The number of carbonyl (C=O) groups is 2. The Kier molecular flexibility index (Phi) is 11.1. The van der Waals surface area contributed by atoms with Gasteiger partial charge in [-0.15, -0.1) is 0 Å². The van der Waals surface area contributed by atoms with Crippen LogP contribution in [-0.4, -0.2) is 50.3 Å². The molecule has 2 unspecified atom stereocenters. The molecule has 0 fully saturated rings. The Morgan fingerprint density at radius 2 is 1.67 bits per heavy atom. The summed E-state index contributed by atoms with van der Waals surface area (Å²) in [5, 5.41) is 0. The SMILES string of the molecule is CCCCOC(=O)C(C)CC(C)(CC)C(=O)OCCC[N+](C)(C)Cc1ccccc1. The van der Waals surface area contributed by atoms with Gasteiger partial charge in [0.2, 0.25) is 0 Å². The number of hydrogen-bond acceptors (Lipinski definition) is 4. The lowest BCUT2D eigenvalue weighted by Gasteiger charge is -2.31. The normalized spacial score (nSPS) is 14.6. The highest BCUT2D eigenvalue weighted by Crippen LogP contribution is 2.32. The van der Waals surface area contributed by atoms with E-state index < -0.39 is 5.41 Å². The van der Waals surface area contributed by atoms with Crippen LogP contribution in [0.5, 0.6) is 0 Å². The van der Waals surface area contributed by atoms with Crippen molar-refractivity contribution in [3.05, 3.63) is 35.9 Å². The van der Waals surface area contributed by atoms with Gasteiger partial charge in [0, 0.05) is 12.0 Å². The molecule has 5 nitrogen and oxygen atoms in total. The van der Waals surface area contributed by atoms with Crippen LogP contribution in [0.15, 0.2) is 30.3 Å². The fraction of sp³-hybridized carbons (Fsp3) is 0.680. The van der Waals surface area contributed by atoms with E-state index in [1.165, 1.54) is 5.56 Å². The van der Waals surface area contributed by atoms with Crippen LogP contribution < -0.4 is 0 Å². The standard InChI is InChI=1S/C25H42NO4/c1-7-9-17-29-23(27)21(3)19-25(4,8-2)24(28)30-18-13-16-26(5,6)20-22-14-11-10-12-15-22/h10-12,14-15,21H,7-9,13,16-20H2,1-6H3/q+1. The average molecular weight is 421 g/mol. The summed E-state index contributed by atoms with van der Waals surface area (Å²) in [4.78, 5) is 24.9. The minimum atomic E-state index is -0.669. The second-order valence-electron chi connectivity index (χ2n) is 9.33. The van der Waals surface area contributed by atoms with Crippen LogP contribution in [0.25, 0.3) is 0 Å². The highest BCUT2D eigenvalue weighted by atomic mass is 16.5. The molecule has 0 bridgehead atoms. The monoisotopic (exact) mass is 420 g/mol. The van der Waals surface area contributed by atoms with E-state index in [0.717, 1.165) is 36.8 Å². The van der Waals surface area contributed by atoms with Crippen LogP contribution in [0.1, 0.15) is 65.4 Å². The highest BCUT2D eigenvalue weighted by Gasteiger charge is 2.36. The van der Waals surface area contributed by atoms with E-state index in [2.05, 4.69) is 45.3 Å². The van der Waals surface area contributed by atoms with Gasteiger partial charge in [0.1, 0.15) is 6.54 Å². The molecule has 1 rings (SSSR count). The number of ether oxygens (including phenoxy) is 2. The first kappa shape index (κ1) is 26.2. The number of quaternary nitrogens is 1. The number of esters is 2. The van der Waals surface area contributed by atoms with E-state index in [9.17, 15) is 9.59 Å². The maximum atomic E-state index is 12.8. The summed E-state index contributed by atoms with van der Waals surface area (Å²) in [5.74, 6) is -0.761. The van der Waals surface area contributed by atoms with Crippen LogP contribution in [0.2, 0.25) is 0 Å². The Hall–Kier alpha value is -1.88. The zero-order chi connectivity index (χ0) is 22.6. The molecule has 0 spiro atoms. The van der Waals surface area contributed by atoms with Crippen LogP contribution >= 0.6 is 0 Å². The first-order valence-corrected chi connectivity index (χ1v) is 11.3. The van der Waals surface area contributed by atoms with Crippen LogP contribution in [0.3, 0.4) is 0 Å². The number of nitrogens with zero attached hydrogens (tertiary/aromatic N) is 1. The summed E-state index contributed by atoms with van der Waals surface area (Å²) < 4.78 is 11.8. The summed E-state index contributed by atoms with van der Waals surface area (Å²) in [7, 11) is 4.38. The van der Waals surface area contributed by atoms with E-state index in [0.29, 0.717) is 26.1 Å². The molecule has 2 atom stereocenters. The van der Waals surface area contributed by atoms with E-state index in [4.69, 9.17) is 9.47 Å². The second kappa shape index (κ2) is 12.7. The smallest absolute Gasteiger partial charge is 0.311 e. The molecule has 5 heteroatoms. The maximum Gasteiger partial charge on any atom is 0.311 e. The number of carbonyl (C=O) groups excluding carboxylic acids is 2. The molecule has 170 valence electrons. The van der Waals surface area contributed by atoms with Crippen molar-refractivity contribution in [1.82, 2.24) is 0 Å². The lowest BCUT2D eigenvalue weighted by atomic mass is 9.79. The molecule has 0 saturated carbocycles. The predicted octanol–water partition coefficient (Wildman–Crippen LogP) is 4.98. The molecule has 1 aromatic rings. The van der Waals surface area contributed by atoms with Gasteiger partial charge in [0.05, 0.1) is 45.2 Å². The molecular weight excluding hydrogens is 378 g/mol. The van der Waals surface area contributed by atoms with Gasteiger partial charge in [-0.05, 0) is 26.2 Å². The molecule has 30 heavy (non-hydrogen) atoms. The first-order chi connectivity index (χ1) is 14.1. The molecule has 0 radical (unpaired) electrons. The van der Waals surface area contributed by atoms with Crippen molar-refractivity contribution in [2.45, 2.75) is 66.3 Å². The Morgan fingerprint density at radius 3 is 2.27 bits per heavy atom. The third-order valence-corrected chi connectivity index (χ3v) is 5.77. The Labute approximate surface area is 183 Å². The summed E-state index contributed by atoms with van der Waals surface area (Å²) in [6.07, 6.45) is 3.74. The number of rotatable bonds is 14. The molecule has 1 aromatic carbocycles. The van der Waals surface area contributed by atoms with E-state index in [1.807, 2.05) is 26.8 Å². The fourth-order valence-electron chi connectivity index (χ4n) is 3.58. The zero-order valence-corrected chi connectivity index (χ0v) is 19.9. The molecule has 0 saturated heterocycles. The molecule has 0 aliphatic heterocycles. The molecule has 0 aromatic heterocycles. The van der Waals surface area contributed by atoms with Gasteiger partial charge in [-0.25, -0.2) is 0 Å². The van der Waals surface area contributed by atoms with Crippen molar-refractivity contribution in [3.8, 4) is 0 Å². The fourth-order valence-corrected chi connectivity index (χ4v) is 3.58. The van der Waals surface area contributed by atoms with E-state index >= 15 is 0 Å². The van der Waals surface area contributed by atoms with Gasteiger partial charge in [0.15, 0.2) is 0 Å². The Morgan fingerprint density at radius 1 is 1.03 bits per heavy atom. The van der Waals surface area contributed by atoms with Crippen molar-refractivity contribution in [1.29, 1.82) is 0 Å². The highest BCUT2D eigenvalue weighted by molar-refractivity contribution is 5.78. The van der Waals surface area contributed by atoms with Crippen molar-refractivity contribution in [3.63, 3.8) is 0 Å². The van der Waals surface area contributed by atoms with Crippen molar-refractivity contribution < 1.29 is 23.5 Å². The lowest BCUT2D eigenvalue weighted by molar-refractivity contribution is -0.903. The lowest BCUT2D eigenvalue weighted by Crippen LogP contribution is -2.40. The quantitative estimate of drug-likeness (QED) is 0.242. The topological polar surface area (TPSA) is 52.6 Å². The maximum absolute atomic E-state index is 12.8. The third-order valence-electron chi connectivity index (χ3n) is 5.77. The Bertz CT molecular complexity index is 644. The summed E-state index contributed by atoms with van der Waals surface area (Å²) in [6.45, 7) is 10.5. The van der Waals surface area contributed by atoms with Gasteiger partial charge < -0.3 is 14.0 Å². The first-order valence-electron chi connectivity index (χ1n) is 11.3. The zero-order valence-electron chi connectivity index (χ0n) is 19.9. The largest absolute Gasteiger partial charge is 0.465 e. The Balaban J connectivity index is 2.45. The van der Waals surface area contributed by atoms with Gasteiger partial charge >= 0.3 is 11.9 Å². The summed E-state index contributed by atoms with van der Waals surface area (Å²) in [6, 6.07) is 10.4. The van der Waals surface area contributed by atoms with E-state index in [-0.39, 0.29) is 17.9 Å². The molecule has 0 heterocycles. The second-order valence-corrected chi connectivity index (χ2v) is 9.33. The molecule has 0 amide bonds. The predicted molar refractivity (Wildman–Crippen MR) is 121 cm³/mol. The van der Waals surface area contributed by atoms with Gasteiger partial charge in [-0.3, -0.25) is 9.59 Å². The molecule has 0 aliphatic carbocycles. The van der Waals surface area contributed by atoms with Gasteiger partial charge in [0.25, 0.3) is 0 Å². The van der Waals surface area contributed by atoms with Gasteiger partial charge in [-0.1, -0.05) is 57.5 Å². The molecular formula is C25H42NO4+. The number of benzene rings is 1. The van der Waals surface area contributed by atoms with Crippen molar-refractivity contribution in [2.75, 3.05) is 33.9 Å². The van der Waals surface area contributed by atoms with E-state index in [1.54, 1.807) is 0 Å². The minimum absolute atomic E-state index is 0.216. The number of hydrogen-bond donors (Lipinski definition) is 0. The third kappa shape index (κ3) is 9.29. The minimum Gasteiger partial charge on any atom is -0.465 e. The van der Waals surface area contributed by atoms with Crippen LogP contribution in [0.4, 0.5) is 0 Å².